The van der Waals surface area contributed by atoms with E-state index in [0.717, 1.165) is 42.8 Å². The lowest BCUT2D eigenvalue weighted by Crippen LogP contribution is -2.19. The number of carbonyl (C=O) groups excluding carboxylic acids is 1. The Balaban J connectivity index is 1.89. The fraction of sp³-hybridized carbons (Fsp3) is 0.188. The number of nitrogens with one attached hydrogen (secondary N) is 2. The van der Waals surface area contributed by atoms with Crippen LogP contribution in [0.25, 0.3) is 0 Å². The Hall–Kier alpha value is -2.43. The number of anilines is 2. The maximum absolute atomic E-state index is 13.6. The second kappa shape index (κ2) is 5.52. The van der Waals surface area contributed by atoms with Crippen molar-refractivity contribution in [3.05, 3.63) is 59.2 Å². The minimum Gasteiger partial charge on any atom is -0.384 e. The van der Waals surface area contributed by atoms with Crippen LogP contribution in [0.1, 0.15) is 22.3 Å². The average Bonchev–Trinajstić information content (AvgIpc) is 2.49. The standard InChI is InChI=1S/C16H14F2N2O/c17-11-6-7-14(13(18)9-11)20-16(21)12-5-1-3-10-4-2-8-19-15(10)12/h1,3,5-7,9,19H,2,4,8H2,(H,20,21). The van der Waals surface area contributed by atoms with E-state index >= 15 is 0 Å². The van der Waals surface area contributed by atoms with Crippen LogP contribution in [0.4, 0.5) is 20.2 Å². The quantitative estimate of drug-likeness (QED) is 0.887. The molecule has 1 heterocycles. The molecule has 0 bridgehead atoms. The molecule has 3 nitrogen and oxygen atoms in total. The fourth-order valence-corrected chi connectivity index (χ4v) is 2.48. The van der Waals surface area contributed by atoms with Crippen LogP contribution in [-0.4, -0.2) is 12.5 Å². The van der Waals surface area contributed by atoms with Crippen molar-refractivity contribution in [2.45, 2.75) is 12.8 Å². The summed E-state index contributed by atoms with van der Waals surface area (Å²) in [6.45, 7) is 0.808. The molecule has 0 saturated heterocycles. The number of para-hydroxylation sites is 1. The van der Waals surface area contributed by atoms with Gasteiger partial charge in [-0.15, -0.1) is 0 Å². The summed E-state index contributed by atoms with van der Waals surface area (Å²) in [4.78, 5) is 12.3. The van der Waals surface area contributed by atoms with Crippen molar-refractivity contribution in [2.75, 3.05) is 17.2 Å². The number of amides is 1. The average molecular weight is 288 g/mol. The van der Waals surface area contributed by atoms with Crippen LogP contribution in [0.3, 0.4) is 0 Å². The highest BCUT2D eigenvalue weighted by Gasteiger charge is 2.18. The third-order valence-corrected chi connectivity index (χ3v) is 3.50. The van der Waals surface area contributed by atoms with Gasteiger partial charge in [0.05, 0.1) is 16.9 Å². The van der Waals surface area contributed by atoms with Crippen molar-refractivity contribution in [1.82, 2.24) is 0 Å². The first kappa shape index (κ1) is 13.5. The van der Waals surface area contributed by atoms with Crippen LogP contribution in [-0.2, 0) is 6.42 Å². The number of benzene rings is 2. The van der Waals surface area contributed by atoms with E-state index in [1.165, 1.54) is 6.07 Å². The van der Waals surface area contributed by atoms with Crippen LogP contribution in [0.2, 0.25) is 0 Å². The van der Waals surface area contributed by atoms with Crippen molar-refractivity contribution < 1.29 is 13.6 Å². The van der Waals surface area contributed by atoms with Crippen molar-refractivity contribution in [3.8, 4) is 0 Å². The van der Waals surface area contributed by atoms with Crippen molar-refractivity contribution >= 4 is 17.3 Å². The molecule has 0 spiro atoms. The summed E-state index contributed by atoms with van der Waals surface area (Å²) in [5.41, 5.74) is 2.31. The van der Waals surface area contributed by atoms with Gasteiger partial charge in [0.2, 0.25) is 0 Å². The smallest absolute Gasteiger partial charge is 0.257 e. The Kier molecular flexibility index (Phi) is 3.56. The first-order chi connectivity index (χ1) is 10.1. The Morgan fingerprint density at radius 2 is 2.05 bits per heavy atom. The van der Waals surface area contributed by atoms with E-state index in [2.05, 4.69) is 10.6 Å². The third-order valence-electron chi connectivity index (χ3n) is 3.50. The number of carbonyl (C=O) groups is 1. The summed E-state index contributed by atoms with van der Waals surface area (Å²) in [7, 11) is 0. The van der Waals surface area contributed by atoms with E-state index in [1.54, 1.807) is 6.07 Å². The van der Waals surface area contributed by atoms with E-state index in [9.17, 15) is 13.6 Å². The van der Waals surface area contributed by atoms with Crippen molar-refractivity contribution in [1.29, 1.82) is 0 Å². The van der Waals surface area contributed by atoms with Crippen molar-refractivity contribution in [2.24, 2.45) is 0 Å². The summed E-state index contributed by atoms with van der Waals surface area (Å²) >= 11 is 0. The molecular weight excluding hydrogens is 274 g/mol. The molecule has 2 N–H and O–H groups in total. The van der Waals surface area contributed by atoms with E-state index in [0.29, 0.717) is 5.56 Å². The molecular formula is C16H14F2N2O. The molecule has 1 aliphatic rings. The largest absolute Gasteiger partial charge is 0.384 e. The molecule has 0 radical (unpaired) electrons. The predicted molar refractivity (Wildman–Crippen MR) is 77.6 cm³/mol. The zero-order chi connectivity index (χ0) is 14.8. The highest BCUT2D eigenvalue weighted by atomic mass is 19.1. The Morgan fingerprint density at radius 1 is 1.19 bits per heavy atom. The number of fused-ring (bicyclic) bond motifs is 1. The van der Waals surface area contributed by atoms with E-state index in [-0.39, 0.29) is 5.69 Å². The summed E-state index contributed by atoms with van der Waals surface area (Å²) in [6.07, 6.45) is 1.93. The second-order valence-corrected chi connectivity index (χ2v) is 4.95. The monoisotopic (exact) mass is 288 g/mol. The summed E-state index contributed by atoms with van der Waals surface area (Å²) in [5.74, 6) is -1.88. The maximum atomic E-state index is 13.6. The third kappa shape index (κ3) is 2.72. The molecule has 0 atom stereocenters. The second-order valence-electron chi connectivity index (χ2n) is 4.95. The van der Waals surface area contributed by atoms with Crippen molar-refractivity contribution in [3.63, 3.8) is 0 Å². The molecule has 0 saturated carbocycles. The molecule has 3 rings (SSSR count). The molecule has 5 heteroatoms. The molecule has 0 fully saturated rings. The number of rotatable bonds is 2. The molecule has 108 valence electrons. The van der Waals surface area contributed by atoms with Gasteiger partial charge in [-0.2, -0.15) is 0 Å². The van der Waals surface area contributed by atoms with Crippen LogP contribution in [0.5, 0.6) is 0 Å². The zero-order valence-corrected chi connectivity index (χ0v) is 11.2. The van der Waals surface area contributed by atoms with Gasteiger partial charge in [0.25, 0.3) is 5.91 Å². The molecule has 21 heavy (non-hydrogen) atoms. The Morgan fingerprint density at radius 3 is 2.86 bits per heavy atom. The number of aryl methyl sites for hydroxylation is 1. The van der Waals surface area contributed by atoms with Gasteiger partial charge >= 0.3 is 0 Å². The number of halogens is 2. The van der Waals surface area contributed by atoms with Gasteiger partial charge in [0.15, 0.2) is 0 Å². The zero-order valence-electron chi connectivity index (χ0n) is 11.2. The van der Waals surface area contributed by atoms with Crippen LogP contribution in [0.15, 0.2) is 36.4 Å². The highest BCUT2D eigenvalue weighted by Crippen LogP contribution is 2.27. The number of hydrogen-bond donors (Lipinski definition) is 2. The van der Waals surface area contributed by atoms with Gasteiger partial charge in [-0.05, 0) is 36.6 Å². The minimum atomic E-state index is -0.791. The summed E-state index contributed by atoms with van der Waals surface area (Å²) in [5, 5.41) is 5.69. The minimum absolute atomic E-state index is 0.0326. The Labute approximate surface area is 121 Å². The fourth-order valence-electron chi connectivity index (χ4n) is 2.48. The molecule has 1 aliphatic heterocycles. The predicted octanol–water partition coefficient (Wildman–Crippen LogP) is 3.58. The summed E-state index contributed by atoms with van der Waals surface area (Å²) in [6, 6.07) is 8.53. The van der Waals surface area contributed by atoms with E-state index in [1.807, 2.05) is 12.1 Å². The molecule has 0 aliphatic carbocycles. The van der Waals surface area contributed by atoms with Crippen LogP contribution >= 0.6 is 0 Å². The Bertz CT molecular complexity index is 701. The van der Waals surface area contributed by atoms with E-state index in [4.69, 9.17) is 0 Å². The summed E-state index contributed by atoms with van der Waals surface area (Å²) < 4.78 is 26.5. The van der Waals surface area contributed by atoms with Gasteiger partial charge in [-0.1, -0.05) is 12.1 Å². The topological polar surface area (TPSA) is 41.1 Å². The van der Waals surface area contributed by atoms with Gasteiger partial charge in [0, 0.05) is 12.6 Å². The van der Waals surface area contributed by atoms with E-state index < -0.39 is 17.5 Å². The first-order valence-electron chi connectivity index (χ1n) is 6.77. The van der Waals surface area contributed by atoms with Gasteiger partial charge in [0.1, 0.15) is 11.6 Å². The maximum Gasteiger partial charge on any atom is 0.257 e. The van der Waals surface area contributed by atoms with Crippen LogP contribution < -0.4 is 10.6 Å². The lowest BCUT2D eigenvalue weighted by atomic mass is 9.99. The molecule has 0 unspecified atom stereocenters. The molecule has 2 aromatic rings. The lowest BCUT2D eigenvalue weighted by Gasteiger charge is -2.20. The lowest BCUT2D eigenvalue weighted by molar-refractivity contribution is 0.102. The SMILES string of the molecule is O=C(Nc1ccc(F)cc1F)c1cccc2c1NCCC2. The molecule has 0 aromatic heterocycles. The van der Waals surface area contributed by atoms with Crippen LogP contribution in [0, 0.1) is 11.6 Å². The first-order valence-corrected chi connectivity index (χ1v) is 6.77. The highest BCUT2D eigenvalue weighted by molar-refractivity contribution is 6.08. The number of hydrogen-bond acceptors (Lipinski definition) is 2. The van der Waals surface area contributed by atoms with Gasteiger partial charge < -0.3 is 10.6 Å². The van der Waals surface area contributed by atoms with Gasteiger partial charge in [-0.25, -0.2) is 8.78 Å². The molecule has 2 aromatic carbocycles. The molecule has 1 amide bonds. The normalized spacial score (nSPS) is 13.2. The van der Waals surface area contributed by atoms with Gasteiger partial charge in [-0.3, -0.25) is 4.79 Å².